The molecule has 0 bridgehead atoms. The third-order valence-electron chi connectivity index (χ3n) is 3.30. The summed E-state index contributed by atoms with van der Waals surface area (Å²) in [5.74, 6) is -1.93. The number of carbonyl (C=O) groups is 1. The van der Waals surface area contributed by atoms with E-state index in [1.54, 1.807) is 6.20 Å². The highest BCUT2D eigenvalue weighted by molar-refractivity contribution is 6.32. The standard InChI is InChI=1S/C13H11ClFN3O2/c14-8-4-7(5-9(15)12(8)19)13(20)18-3-1-2-10-11(18)6-16-17-10/h4-6,19H,1-3H2,(H,16,17). The van der Waals surface area contributed by atoms with Crippen molar-refractivity contribution < 1.29 is 14.3 Å². The second-order valence-electron chi connectivity index (χ2n) is 4.58. The van der Waals surface area contributed by atoms with Crippen molar-refractivity contribution in [3.05, 3.63) is 40.4 Å². The van der Waals surface area contributed by atoms with Crippen molar-refractivity contribution in [3.63, 3.8) is 0 Å². The molecule has 7 heteroatoms. The van der Waals surface area contributed by atoms with E-state index >= 15 is 0 Å². The summed E-state index contributed by atoms with van der Waals surface area (Å²) in [6, 6.07) is 2.24. The highest BCUT2D eigenvalue weighted by atomic mass is 35.5. The summed E-state index contributed by atoms with van der Waals surface area (Å²) < 4.78 is 13.5. The predicted octanol–water partition coefficient (Wildman–Crippen LogP) is 2.50. The zero-order chi connectivity index (χ0) is 14.3. The Morgan fingerprint density at radius 1 is 1.50 bits per heavy atom. The number of nitrogens with one attached hydrogen (secondary N) is 1. The highest BCUT2D eigenvalue weighted by Crippen LogP contribution is 2.30. The maximum atomic E-state index is 13.5. The first kappa shape index (κ1) is 12.9. The van der Waals surface area contributed by atoms with E-state index in [0.29, 0.717) is 12.2 Å². The molecule has 1 aliphatic heterocycles. The lowest BCUT2D eigenvalue weighted by Gasteiger charge is -2.26. The minimum Gasteiger partial charge on any atom is -0.504 e. The molecule has 1 aromatic carbocycles. The number of hydrogen-bond donors (Lipinski definition) is 2. The molecule has 1 aromatic heterocycles. The van der Waals surface area contributed by atoms with Crippen molar-refractivity contribution in [2.75, 3.05) is 11.4 Å². The monoisotopic (exact) mass is 295 g/mol. The van der Waals surface area contributed by atoms with E-state index in [4.69, 9.17) is 11.6 Å². The number of phenolic OH excluding ortho intramolecular Hbond substituents is 1. The molecule has 3 rings (SSSR count). The number of hydrogen-bond acceptors (Lipinski definition) is 3. The van der Waals surface area contributed by atoms with E-state index < -0.39 is 11.6 Å². The van der Waals surface area contributed by atoms with E-state index in [-0.39, 0.29) is 16.5 Å². The largest absolute Gasteiger partial charge is 0.504 e. The number of amides is 1. The van der Waals surface area contributed by atoms with E-state index in [0.717, 1.165) is 24.6 Å². The van der Waals surface area contributed by atoms with Crippen molar-refractivity contribution in [2.45, 2.75) is 12.8 Å². The summed E-state index contributed by atoms with van der Waals surface area (Å²) in [5.41, 5.74) is 1.68. The quantitative estimate of drug-likeness (QED) is 0.849. The summed E-state index contributed by atoms with van der Waals surface area (Å²) in [7, 11) is 0. The molecule has 0 atom stereocenters. The average Bonchev–Trinajstić information content (AvgIpc) is 2.91. The van der Waals surface area contributed by atoms with E-state index in [1.165, 1.54) is 11.0 Å². The normalized spacial score (nSPS) is 14.2. The molecule has 0 saturated heterocycles. The lowest BCUT2D eigenvalue weighted by Crippen LogP contribution is -2.35. The zero-order valence-electron chi connectivity index (χ0n) is 10.4. The van der Waals surface area contributed by atoms with Crippen LogP contribution in [0.25, 0.3) is 0 Å². The summed E-state index contributed by atoms with van der Waals surface area (Å²) >= 11 is 5.70. The van der Waals surface area contributed by atoms with Gasteiger partial charge in [-0.05, 0) is 25.0 Å². The highest BCUT2D eigenvalue weighted by Gasteiger charge is 2.26. The Kier molecular flexibility index (Phi) is 3.10. The van der Waals surface area contributed by atoms with Crippen LogP contribution in [-0.4, -0.2) is 27.8 Å². The topological polar surface area (TPSA) is 69.2 Å². The molecule has 104 valence electrons. The number of aromatic nitrogens is 2. The Labute approximate surface area is 119 Å². The van der Waals surface area contributed by atoms with Crippen LogP contribution in [0.4, 0.5) is 10.1 Å². The number of aryl methyl sites for hydroxylation is 1. The number of halogens is 2. The van der Waals surface area contributed by atoms with Crippen LogP contribution >= 0.6 is 11.6 Å². The molecule has 20 heavy (non-hydrogen) atoms. The van der Waals surface area contributed by atoms with Crippen LogP contribution in [0.3, 0.4) is 0 Å². The van der Waals surface area contributed by atoms with Crippen LogP contribution in [0.1, 0.15) is 22.5 Å². The number of nitrogens with zero attached hydrogens (tertiary/aromatic N) is 2. The van der Waals surface area contributed by atoms with Gasteiger partial charge < -0.3 is 10.0 Å². The molecular formula is C13H11ClFN3O2. The van der Waals surface area contributed by atoms with Gasteiger partial charge in [-0.3, -0.25) is 9.89 Å². The van der Waals surface area contributed by atoms with Crippen molar-refractivity contribution >= 4 is 23.2 Å². The fourth-order valence-electron chi connectivity index (χ4n) is 2.31. The third kappa shape index (κ3) is 2.02. The van der Waals surface area contributed by atoms with Gasteiger partial charge in [-0.1, -0.05) is 11.6 Å². The second kappa shape index (κ2) is 4.79. The van der Waals surface area contributed by atoms with E-state index in [2.05, 4.69) is 10.2 Å². The molecule has 2 aromatic rings. The van der Waals surface area contributed by atoms with Crippen molar-refractivity contribution in [3.8, 4) is 5.75 Å². The van der Waals surface area contributed by atoms with Crippen molar-refractivity contribution in [1.29, 1.82) is 0 Å². The molecule has 1 aliphatic rings. The van der Waals surface area contributed by atoms with E-state index in [1.807, 2.05) is 0 Å². The Morgan fingerprint density at radius 3 is 3.05 bits per heavy atom. The SMILES string of the molecule is O=C(c1cc(F)c(O)c(Cl)c1)N1CCCc2[nH]ncc21. The molecule has 0 aliphatic carbocycles. The van der Waals surface area contributed by atoms with Crippen LogP contribution in [0.15, 0.2) is 18.3 Å². The van der Waals surface area contributed by atoms with Crippen LogP contribution in [0, 0.1) is 5.82 Å². The Balaban J connectivity index is 1.99. The second-order valence-corrected chi connectivity index (χ2v) is 4.99. The van der Waals surface area contributed by atoms with Gasteiger partial charge >= 0.3 is 0 Å². The van der Waals surface area contributed by atoms with Gasteiger partial charge in [-0.2, -0.15) is 5.10 Å². The number of aromatic hydroxyl groups is 1. The van der Waals surface area contributed by atoms with Crippen LogP contribution in [-0.2, 0) is 6.42 Å². The summed E-state index contributed by atoms with van der Waals surface area (Å²) in [6.07, 6.45) is 3.20. The number of rotatable bonds is 1. The molecule has 0 fully saturated rings. The lowest BCUT2D eigenvalue weighted by molar-refractivity contribution is 0.0984. The third-order valence-corrected chi connectivity index (χ3v) is 3.59. The Hall–Kier alpha value is -2.08. The van der Waals surface area contributed by atoms with Crippen LogP contribution in [0.5, 0.6) is 5.75 Å². The fourth-order valence-corrected chi connectivity index (χ4v) is 2.52. The molecule has 5 nitrogen and oxygen atoms in total. The van der Waals surface area contributed by atoms with Gasteiger partial charge in [0.1, 0.15) is 0 Å². The first-order valence-corrected chi connectivity index (χ1v) is 6.48. The van der Waals surface area contributed by atoms with Gasteiger partial charge in [0.2, 0.25) is 0 Å². The first-order valence-electron chi connectivity index (χ1n) is 6.10. The fraction of sp³-hybridized carbons (Fsp3) is 0.231. The number of aromatic amines is 1. The summed E-state index contributed by atoms with van der Waals surface area (Å²) in [5, 5.41) is 15.9. The summed E-state index contributed by atoms with van der Waals surface area (Å²) in [4.78, 5) is 14.0. The molecule has 0 saturated carbocycles. The number of phenols is 1. The first-order chi connectivity index (χ1) is 9.58. The van der Waals surface area contributed by atoms with Crippen molar-refractivity contribution in [2.24, 2.45) is 0 Å². The zero-order valence-corrected chi connectivity index (χ0v) is 11.1. The van der Waals surface area contributed by atoms with Gasteiger partial charge in [0.15, 0.2) is 11.6 Å². The molecule has 0 radical (unpaired) electrons. The Morgan fingerprint density at radius 2 is 2.30 bits per heavy atom. The number of H-pyrrole nitrogens is 1. The molecule has 0 unspecified atom stereocenters. The maximum Gasteiger partial charge on any atom is 0.258 e. The Bertz CT molecular complexity index is 663. The minimum atomic E-state index is -0.912. The minimum absolute atomic E-state index is 0.0966. The number of benzene rings is 1. The number of anilines is 1. The van der Waals surface area contributed by atoms with Gasteiger partial charge in [-0.15, -0.1) is 0 Å². The maximum absolute atomic E-state index is 13.5. The molecule has 1 amide bonds. The van der Waals surface area contributed by atoms with Gasteiger partial charge in [0, 0.05) is 12.1 Å². The molecule has 2 heterocycles. The van der Waals surface area contributed by atoms with E-state index in [9.17, 15) is 14.3 Å². The van der Waals surface area contributed by atoms with Gasteiger partial charge in [-0.25, -0.2) is 4.39 Å². The summed E-state index contributed by atoms with van der Waals surface area (Å²) in [6.45, 7) is 0.533. The lowest BCUT2D eigenvalue weighted by atomic mass is 10.1. The van der Waals surface area contributed by atoms with Crippen LogP contribution in [0.2, 0.25) is 5.02 Å². The van der Waals surface area contributed by atoms with Crippen LogP contribution < -0.4 is 4.90 Å². The van der Waals surface area contributed by atoms with Gasteiger partial charge in [0.25, 0.3) is 5.91 Å². The molecule has 0 spiro atoms. The van der Waals surface area contributed by atoms with Crippen molar-refractivity contribution in [1.82, 2.24) is 10.2 Å². The predicted molar refractivity (Wildman–Crippen MR) is 71.7 cm³/mol. The van der Waals surface area contributed by atoms with Gasteiger partial charge in [0.05, 0.1) is 22.6 Å². The number of carbonyl (C=O) groups excluding carboxylic acids is 1. The smallest absolute Gasteiger partial charge is 0.258 e. The number of fused-ring (bicyclic) bond motifs is 1. The average molecular weight is 296 g/mol. The molecular weight excluding hydrogens is 285 g/mol. The molecule has 2 N–H and O–H groups in total.